The van der Waals surface area contributed by atoms with Crippen molar-refractivity contribution in [3.8, 4) is 0 Å². The SMILES string of the molecule is CCC(C)C(NC(=O)C(N)CCCCN)C(=O)NC(CCCCN)C(=O)NC(Cc1ccccc1)C(=O)O. The van der Waals surface area contributed by atoms with Gasteiger partial charge in [0.25, 0.3) is 0 Å². The summed E-state index contributed by atoms with van der Waals surface area (Å²) < 4.78 is 0. The van der Waals surface area contributed by atoms with Crippen molar-refractivity contribution in [3.63, 3.8) is 0 Å². The number of aliphatic carboxylic acids is 1. The van der Waals surface area contributed by atoms with E-state index in [0.29, 0.717) is 45.2 Å². The van der Waals surface area contributed by atoms with Crippen molar-refractivity contribution in [2.45, 2.75) is 89.4 Å². The van der Waals surface area contributed by atoms with Gasteiger partial charge in [0.1, 0.15) is 18.1 Å². The molecule has 0 heterocycles. The first kappa shape index (κ1) is 33.0. The number of carboxylic acid groups (broad SMARTS) is 1. The molecular formula is C27H46N6O5. The maximum absolute atomic E-state index is 13.3. The zero-order valence-electron chi connectivity index (χ0n) is 22.7. The lowest BCUT2D eigenvalue weighted by molar-refractivity contribution is -0.142. The molecule has 5 unspecified atom stereocenters. The number of rotatable bonds is 19. The monoisotopic (exact) mass is 534 g/mol. The number of nitrogens with one attached hydrogen (secondary N) is 3. The molecule has 3 amide bonds. The Morgan fingerprint density at radius 3 is 1.95 bits per heavy atom. The van der Waals surface area contributed by atoms with Gasteiger partial charge in [-0.25, -0.2) is 4.79 Å². The molecule has 0 aliphatic heterocycles. The minimum absolute atomic E-state index is 0.0962. The molecule has 1 aromatic carbocycles. The lowest BCUT2D eigenvalue weighted by Gasteiger charge is -2.28. The molecule has 0 fully saturated rings. The third-order valence-corrected chi connectivity index (χ3v) is 6.58. The highest BCUT2D eigenvalue weighted by Gasteiger charge is 2.32. The number of hydrogen-bond acceptors (Lipinski definition) is 7. The second-order valence-electron chi connectivity index (χ2n) is 9.70. The van der Waals surface area contributed by atoms with Crippen molar-refractivity contribution in [3.05, 3.63) is 35.9 Å². The van der Waals surface area contributed by atoms with Gasteiger partial charge in [0, 0.05) is 6.42 Å². The summed E-state index contributed by atoms with van der Waals surface area (Å²) in [6.45, 7) is 4.65. The second-order valence-corrected chi connectivity index (χ2v) is 9.70. The maximum Gasteiger partial charge on any atom is 0.326 e. The third-order valence-electron chi connectivity index (χ3n) is 6.58. The van der Waals surface area contributed by atoms with Crippen molar-refractivity contribution in [2.75, 3.05) is 13.1 Å². The number of carbonyl (C=O) groups excluding carboxylic acids is 3. The summed E-state index contributed by atoms with van der Waals surface area (Å²) >= 11 is 0. The van der Waals surface area contributed by atoms with Gasteiger partial charge in [-0.1, -0.05) is 57.0 Å². The summed E-state index contributed by atoms with van der Waals surface area (Å²) in [6, 6.07) is 5.12. The number of nitrogens with two attached hydrogens (primary N) is 3. The van der Waals surface area contributed by atoms with Crippen LogP contribution in [-0.4, -0.2) is 66.1 Å². The summed E-state index contributed by atoms with van der Waals surface area (Å²) in [6.07, 6.45) is 4.04. The molecule has 11 heteroatoms. The lowest BCUT2D eigenvalue weighted by Crippen LogP contribution is -2.58. The van der Waals surface area contributed by atoms with Crippen molar-refractivity contribution in [1.82, 2.24) is 16.0 Å². The minimum Gasteiger partial charge on any atom is -0.480 e. The minimum atomic E-state index is -1.18. The van der Waals surface area contributed by atoms with Gasteiger partial charge in [0.05, 0.1) is 6.04 Å². The van der Waals surface area contributed by atoms with Crippen LogP contribution in [0.25, 0.3) is 0 Å². The number of carbonyl (C=O) groups is 4. The number of amides is 3. The normalized spacial score (nSPS) is 15.0. The first-order chi connectivity index (χ1) is 18.1. The van der Waals surface area contributed by atoms with Crippen molar-refractivity contribution in [2.24, 2.45) is 23.1 Å². The Labute approximate surface area is 225 Å². The number of benzene rings is 1. The van der Waals surface area contributed by atoms with E-state index >= 15 is 0 Å². The summed E-state index contributed by atoms with van der Waals surface area (Å²) in [5, 5.41) is 17.7. The van der Waals surface area contributed by atoms with Crippen molar-refractivity contribution >= 4 is 23.7 Å². The van der Waals surface area contributed by atoms with E-state index in [9.17, 15) is 24.3 Å². The second kappa shape index (κ2) is 18.3. The van der Waals surface area contributed by atoms with Crippen LogP contribution in [0.1, 0.15) is 64.4 Å². The molecular weight excluding hydrogens is 488 g/mol. The van der Waals surface area contributed by atoms with Crippen LogP contribution in [-0.2, 0) is 25.6 Å². The predicted molar refractivity (Wildman–Crippen MR) is 147 cm³/mol. The van der Waals surface area contributed by atoms with Gasteiger partial charge in [0.15, 0.2) is 0 Å². The first-order valence-corrected chi connectivity index (χ1v) is 13.5. The zero-order chi connectivity index (χ0) is 28.5. The van der Waals surface area contributed by atoms with E-state index in [1.807, 2.05) is 19.9 Å². The van der Waals surface area contributed by atoms with Crippen LogP contribution in [0.2, 0.25) is 0 Å². The Bertz CT molecular complexity index is 869. The smallest absolute Gasteiger partial charge is 0.326 e. The Balaban J connectivity index is 2.99. The molecule has 0 aliphatic carbocycles. The van der Waals surface area contributed by atoms with E-state index in [4.69, 9.17) is 17.2 Å². The van der Waals surface area contributed by atoms with Gasteiger partial charge in [-0.05, 0) is 56.7 Å². The highest BCUT2D eigenvalue weighted by molar-refractivity contribution is 5.94. The average Bonchev–Trinajstić information content (AvgIpc) is 2.90. The van der Waals surface area contributed by atoms with Crippen LogP contribution in [0.15, 0.2) is 30.3 Å². The van der Waals surface area contributed by atoms with Crippen LogP contribution in [0.3, 0.4) is 0 Å². The highest BCUT2D eigenvalue weighted by Crippen LogP contribution is 2.11. The molecule has 0 radical (unpaired) electrons. The van der Waals surface area contributed by atoms with E-state index in [1.54, 1.807) is 24.3 Å². The molecule has 1 aromatic rings. The molecule has 0 saturated carbocycles. The van der Waals surface area contributed by atoms with Gasteiger partial charge in [-0.3, -0.25) is 14.4 Å². The lowest BCUT2D eigenvalue weighted by atomic mass is 9.96. The molecule has 0 aliphatic rings. The predicted octanol–water partition coefficient (Wildman–Crippen LogP) is 0.400. The van der Waals surface area contributed by atoms with Gasteiger partial charge in [0.2, 0.25) is 17.7 Å². The fourth-order valence-electron chi connectivity index (χ4n) is 3.95. The van der Waals surface area contributed by atoms with E-state index in [0.717, 1.165) is 12.0 Å². The number of hydrogen-bond donors (Lipinski definition) is 7. The molecule has 0 bridgehead atoms. The zero-order valence-corrected chi connectivity index (χ0v) is 22.7. The topological polar surface area (TPSA) is 203 Å². The molecule has 0 spiro atoms. The van der Waals surface area contributed by atoms with Crippen LogP contribution in [0, 0.1) is 5.92 Å². The molecule has 214 valence electrons. The van der Waals surface area contributed by atoms with E-state index in [1.165, 1.54) is 0 Å². The van der Waals surface area contributed by atoms with Gasteiger partial charge < -0.3 is 38.3 Å². The molecule has 1 rings (SSSR count). The van der Waals surface area contributed by atoms with Crippen LogP contribution >= 0.6 is 0 Å². The summed E-state index contributed by atoms with van der Waals surface area (Å²) in [7, 11) is 0. The molecule has 5 atom stereocenters. The van der Waals surface area contributed by atoms with E-state index in [-0.39, 0.29) is 18.8 Å². The van der Waals surface area contributed by atoms with Crippen LogP contribution in [0.5, 0.6) is 0 Å². The molecule has 38 heavy (non-hydrogen) atoms. The van der Waals surface area contributed by atoms with Crippen LogP contribution < -0.4 is 33.2 Å². The van der Waals surface area contributed by atoms with Crippen LogP contribution in [0.4, 0.5) is 0 Å². The van der Waals surface area contributed by atoms with E-state index < -0.39 is 47.9 Å². The Kier molecular flexibility index (Phi) is 15.9. The summed E-state index contributed by atoms with van der Waals surface area (Å²) in [4.78, 5) is 51.1. The van der Waals surface area contributed by atoms with E-state index in [2.05, 4.69) is 16.0 Å². The van der Waals surface area contributed by atoms with Gasteiger partial charge in [-0.2, -0.15) is 0 Å². The summed E-state index contributed by atoms with van der Waals surface area (Å²) in [5.41, 5.74) is 17.9. The molecule has 0 aromatic heterocycles. The summed E-state index contributed by atoms with van der Waals surface area (Å²) in [5.74, 6) is -2.98. The third kappa shape index (κ3) is 12.0. The van der Waals surface area contributed by atoms with Gasteiger partial charge >= 0.3 is 5.97 Å². The maximum atomic E-state index is 13.3. The standard InChI is InChI=1S/C27H46N6O5/c1-3-18(2)23(33-24(34)20(30)13-7-9-15-28)26(36)31-21(14-8-10-16-29)25(35)32-22(27(37)38)17-19-11-5-4-6-12-19/h4-6,11-12,18,20-23H,3,7-10,13-17,28-30H2,1-2H3,(H,31,36)(H,32,35)(H,33,34)(H,37,38). The van der Waals surface area contributed by atoms with Crippen molar-refractivity contribution in [1.29, 1.82) is 0 Å². The quantitative estimate of drug-likeness (QED) is 0.123. The number of carboxylic acids is 1. The Morgan fingerprint density at radius 1 is 0.816 bits per heavy atom. The molecule has 11 nitrogen and oxygen atoms in total. The largest absolute Gasteiger partial charge is 0.480 e. The van der Waals surface area contributed by atoms with Crippen molar-refractivity contribution < 1.29 is 24.3 Å². The van der Waals surface area contributed by atoms with Gasteiger partial charge in [-0.15, -0.1) is 0 Å². The number of unbranched alkanes of at least 4 members (excludes halogenated alkanes) is 2. The molecule has 10 N–H and O–H groups in total. The Hall–Kier alpha value is -3.02. The fourth-order valence-corrected chi connectivity index (χ4v) is 3.95. The first-order valence-electron chi connectivity index (χ1n) is 13.5. The average molecular weight is 535 g/mol. The Morgan fingerprint density at radius 2 is 1.39 bits per heavy atom. The highest BCUT2D eigenvalue weighted by atomic mass is 16.4. The molecule has 0 saturated heterocycles. The fraction of sp³-hybridized carbons (Fsp3) is 0.630.